The van der Waals surface area contributed by atoms with E-state index in [4.69, 9.17) is 5.73 Å². The van der Waals surface area contributed by atoms with Gasteiger partial charge in [0.05, 0.1) is 5.92 Å². The Bertz CT molecular complexity index is 540. The van der Waals surface area contributed by atoms with Gasteiger partial charge >= 0.3 is 0 Å². The van der Waals surface area contributed by atoms with Crippen LogP contribution in [0.5, 0.6) is 0 Å². The van der Waals surface area contributed by atoms with E-state index in [1.54, 1.807) is 0 Å². The third kappa shape index (κ3) is 3.50. The van der Waals surface area contributed by atoms with E-state index >= 15 is 0 Å². The van der Waals surface area contributed by atoms with Crippen molar-refractivity contribution in [1.29, 1.82) is 0 Å². The number of rotatable bonds is 3. The fourth-order valence-corrected chi connectivity index (χ4v) is 3.90. The standard InChI is InChI=1S/C18H26FN3O/c1-21(18(23)16-3-2-4-17(16)20)14-9-11-22(12-10-14)15-7-5-13(19)6-8-15/h5-8,14,16-17H,2-4,9-12,20H2,1H3. The summed E-state index contributed by atoms with van der Waals surface area (Å²) in [6.07, 6.45) is 4.85. The minimum atomic E-state index is -0.207. The number of hydrogen-bond donors (Lipinski definition) is 1. The number of piperidine rings is 1. The molecule has 2 N–H and O–H groups in total. The first-order valence-electron chi connectivity index (χ1n) is 8.59. The summed E-state index contributed by atoms with van der Waals surface area (Å²) >= 11 is 0. The molecule has 5 heteroatoms. The normalized spacial score (nSPS) is 25.6. The quantitative estimate of drug-likeness (QED) is 0.930. The van der Waals surface area contributed by atoms with Crippen molar-refractivity contribution in [2.45, 2.75) is 44.2 Å². The highest BCUT2D eigenvalue weighted by Gasteiger charge is 2.35. The van der Waals surface area contributed by atoms with E-state index in [1.165, 1.54) is 12.1 Å². The van der Waals surface area contributed by atoms with E-state index in [2.05, 4.69) is 4.90 Å². The van der Waals surface area contributed by atoms with Crippen LogP contribution in [0.4, 0.5) is 10.1 Å². The highest BCUT2D eigenvalue weighted by Crippen LogP contribution is 2.28. The number of carbonyl (C=O) groups excluding carboxylic acids is 1. The number of anilines is 1. The molecule has 1 aromatic carbocycles. The number of nitrogens with two attached hydrogens (primary N) is 1. The lowest BCUT2D eigenvalue weighted by Crippen LogP contribution is -2.49. The van der Waals surface area contributed by atoms with Gasteiger partial charge < -0.3 is 15.5 Å². The summed E-state index contributed by atoms with van der Waals surface area (Å²) < 4.78 is 13.0. The van der Waals surface area contributed by atoms with Crippen molar-refractivity contribution < 1.29 is 9.18 Å². The van der Waals surface area contributed by atoms with Crippen LogP contribution in [0.3, 0.4) is 0 Å². The molecule has 3 rings (SSSR count). The zero-order chi connectivity index (χ0) is 16.4. The minimum Gasteiger partial charge on any atom is -0.371 e. The van der Waals surface area contributed by atoms with Crippen LogP contribution in [0.25, 0.3) is 0 Å². The van der Waals surface area contributed by atoms with Gasteiger partial charge in [-0.2, -0.15) is 0 Å². The second-order valence-corrected chi connectivity index (χ2v) is 6.85. The van der Waals surface area contributed by atoms with Crippen LogP contribution in [0.15, 0.2) is 24.3 Å². The molecule has 0 radical (unpaired) electrons. The Hall–Kier alpha value is -1.62. The molecule has 1 aliphatic carbocycles. The van der Waals surface area contributed by atoms with Crippen molar-refractivity contribution in [3.8, 4) is 0 Å². The van der Waals surface area contributed by atoms with Crippen LogP contribution < -0.4 is 10.6 Å². The van der Waals surface area contributed by atoms with Gasteiger partial charge in [0.25, 0.3) is 0 Å². The predicted molar refractivity (Wildman–Crippen MR) is 89.7 cm³/mol. The van der Waals surface area contributed by atoms with Crippen molar-refractivity contribution in [2.75, 3.05) is 25.0 Å². The fraction of sp³-hybridized carbons (Fsp3) is 0.611. The molecule has 1 heterocycles. The Morgan fingerprint density at radius 2 is 1.83 bits per heavy atom. The summed E-state index contributed by atoms with van der Waals surface area (Å²) in [6.45, 7) is 1.79. The third-order valence-corrected chi connectivity index (χ3v) is 5.44. The SMILES string of the molecule is CN(C(=O)C1CCCC1N)C1CCN(c2ccc(F)cc2)CC1. The number of hydrogen-bond acceptors (Lipinski definition) is 3. The summed E-state index contributed by atoms with van der Waals surface area (Å²) in [5, 5.41) is 0. The number of benzene rings is 1. The van der Waals surface area contributed by atoms with Gasteiger partial charge in [-0.3, -0.25) is 4.79 Å². The molecule has 1 aliphatic heterocycles. The fourth-order valence-electron chi connectivity index (χ4n) is 3.90. The maximum absolute atomic E-state index is 13.0. The summed E-state index contributed by atoms with van der Waals surface area (Å²) in [5.74, 6) is 0.0206. The van der Waals surface area contributed by atoms with Crippen LogP contribution in [0, 0.1) is 11.7 Å². The van der Waals surface area contributed by atoms with Crippen molar-refractivity contribution in [1.82, 2.24) is 4.90 Å². The summed E-state index contributed by atoms with van der Waals surface area (Å²) in [5.41, 5.74) is 7.12. The van der Waals surface area contributed by atoms with Crippen LogP contribution >= 0.6 is 0 Å². The monoisotopic (exact) mass is 319 g/mol. The Morgan fingerprint density at radius 1 is 1.17 bits per heavy atom. The van der Waals surface area contributed by atoms with Crippen molar-refractivity contribution in [2.24, 2.45) is 11.7 Å². The molecule has 2 unspecified atom stereocenters. The molecular formula is C18H26FN3O. The number of nitrogens with zero attached hydrogens (tertiary/aromatic N) is 2. The molecule has 23 heavy (non-hydrogen) atoms. The van der Waals surface area contributed by atoms with Crippen LogP contribution in [0.1, 0.15) is 32.1 Å². The van der Waals surface area contributed by atoms with Gasteiger partial charge in [-0.05, 0) is 49.9 Å². The van der Waals surface area contributed by atoms with E-state index in [0.29, 0.717) is 0 Å². The average Bonchev–Trinajstić information content (AvgIpc) is 3.00. The van der Waals surface area contributed by atoms with Gasteiger partial charge in [0.15, 0.2) is 0 Å². The van der Waals surface area contributed by atoms with Gasteiger partial charge in [0.2, 0.25) is 5.91 Å². The molecule has 2 aliphatic rings. The van der Waals surface area contributed by atoms with Crippen molar-refractivity contribution in [3.63, 3.8) is 0 Å². The maximum Gasteiger partial charge on any atom is 0.227 e. The molecule has 0 spiro atoms. The molecular weight excluding hydrogens is 293 g/mol. The molecule has 0 bridgehead atoms. The Kier molecular flexibility index (Phi) is 4.85. The lowest BCUT2D eigenvalue weighted by atomic mass is 9.98. The molecule has 4 nitrogen and oxygen atoms in total. The Labute approximate surface area is 137 Å². The Morgan fingerprint density at radius 3 is 2.39 bits per heavy atom. The molecule has 2 atom stereocenters. The summed E-state index contributed by atoms with van der Waals surface area (Å²) in [4.78, 5) is 16.8. The zero-order valence-corrected chi connectivity index (χ0v) is 13.7. The molecule has 1 aromatic rings. The molecule has 2 fully saturated rings. The average molecular weight is 319 g/mol. The first-order valence-corrected chi connectivity index (χ1v) is 8.59. The van der Waals surface area contributed by atoms with Crippen LogP contribution in [0.2, 0.25) is 0 Å². The van der Waals surface area contributed by atoms with Gasteiger partial charge in [-0.1, -0.05) is 6.42 Å². The molecule has 126 valence electrons. The van der Waals surface area contributed by atoms with E-state index in [0.717, 1.165) is 50.9 Å². The first kappa shape index (κ1) is 16.2. The third-order valence-electron chi connectivity index (χ3n) is 5.44. The maximum atomic E-state index is 13.0. The zero-order valence-electron chi connectivity index (χ0n) is 13.7. The van der Waals surface area contributed by atoms with Crippen LogP contribution in [-0.2, 0) is 4.79 Å². The van der Waals surface area contributed by atoms with Gasteiger partial charge in [0, 0.05) is 37.9 Å². The second-order valence-electron chi connectivity index (χ2n) is 6.85. The smallest absolute Gasteiger partial charge is 0.227 e. The number of halogens is 1. The largest absolute Gasteiger partial charge is 0.371 e. The molecule has 0 aromatic heterocycles. The first-order chi connectivity index (χ1) is 11.1. The Balaban J connectivity index is 1.55. The molecule has 1 saturated heterocycles. The molecule has 1 saturated carbocycles. The van der Waals surface area contributed by atoms with E-state index in [1.807, 2.05) is 24.1 Å². The summed E-state index contributed by atoms with van der Waals surface area (Å²) in [6, 6.07) is 6.96. The number of carbonyl (C=O) groups is 1. The van der Waals surface area contributed by atoms with E-state index in [9.17, 15) is 9.18 Å². The van der Waals surface area contributed by atoms with Gasteiger partial charge in [-0.25, -0.2) is 4.39 Å². The highest BCUT2D eigenvalue weighted by molar-refractivity contribution is 5.80. The lowest BCUT2D eigenvalue weighted by Gasteiger charge is -2.39. The lowest BCUT2D eigenvalue weighted by molar-refractivity contribution is -0.136. The van der Waals surface area contributed by atoms with Crippen LogP contribution in [-0.4, -0.2) is 43.0 Å². The minimum absolute atomic E-state index is 0.00938. The predicted octanol–water partition coefficient (Wildman–Crippen LogP) is 2.38. The summed E-state index contributed by atoms with van der Waals surface area (Å²) in [7, 11) is 1.92. The van der Waals surface area contributed by atoms with Crippen molar-refractivity contribution >= 4 is 11.6 Å². The highest BCUT2D eigenvalue weighted by atomic mass is 19.1. The van der Waals surface area contributed by atoms with Gasteiger partial charge in [-0.15, -0.1) is 0 Å². The van der Waals surface area contributed by atoms with E-state index in [-0.39, 0.29) is 29.7 Å². The van der Waals surface area contributed by atoms with Crippen molar-refractivity contribution in [3.05, 3.63) is 30.1 Å². The topological polar surface area (TPSA) is 49.6 Å². The van der Waals surface area contributed by atoms with E-state index < -0.39 is 0 Å². The second kappa shape index (κ2) is 6.87. The van der Waals surface area contributed by atoms with Gasteiger partial charge in [0.1, 0.15) is 5.82 Å². The number of amides is 1. The molecule has 1 amide bonds.